The van der Waals surface area contributed by atoms with Gasteiger partial charge in [-0.05, 0) is 30.2 Å². The van der Waals surface area contributed by atoms with E-state index in [1.54, 1.807) is 42.5 Å². The van der Waals surface area contributed by atoms with Crippen molar-refractivity contribution >= 4 is 5.97 Å². The molecule has 0 amide bonds. The van der Waals surface area contributed by atoms with Crippen LogP contribution in [-0.4, -0.2) is 22.2 Å². The number of phenols is 1. The third-order valence-corrected chi connectivity index (χ3v) is 3.08. The molecular formula is C16H17NO4. The van der Waals surface area contributed by atoms with Gasteiger partial charge in [0.15, 0.2) is 0 Å². The monoisotopic (exact) mass is 287 g/mol. The summed E-state index contributed by atoms with van der Waals surface area (Å²) in [4.78, 5) is 10.7. The average molecular weight is 287 g/mol. The summed E-state index contributed by atoms with van der Waals surface area (Å²) in [7, 11) is 0. The Morgan fingerprint density at radius 1 is 1.14 bits per heavy atom. The maximum Gasteiger partial charge on any atom is 0.320 e. The zero-order valence-electron chi connectivity index (χ0n) is 11.4. The first-order valence-electron chi connectivity index (χ1n) is 6.53. The number of aromatic hydroxyl groups is 1. The molecule has 0 aliphatic rings. The van der Waals surface area contributed by atoms with Gasteiger partial charge in [0.05, 0.1) is 0 Å². The molecule has 110 valence electrons. The van der Waals surface area contributed by atoms with Gasteiger partial charge in [0.25, 0.3) is 0 Å². The molecule has 4 N–H and O–H groups in total. The minimum Gasteiger partial charge on any atom is -0.508 e. The fourth-order valence-electron chi connectivity index (χ4n) is 1.86. The molecule has 0 radical (unpaired) electrons. The van der Waals surface area contributed by atoms with Crippen LogP contribution in [0.2, 0.25) is 0 Å². The lowest BCUT2D eigenvalue weighted by Gasteiger charge is -2.09. The average Bonchev–Trinajstić information content (AvgIpc) is 2.48. The molecule has 0 fully saturated rings. The molecule has 1 atom stereocenters. The molecule has 0 heterocycles. The lowest BCUT2D eigenvalue weighted by molar-refractivity contribution is -0.138. The fourth-order valence-corrected chi connectivity index (χ4v) is 1.86. The number of carboxylic acids is 1. The zero-order chi connectivity index (χ0) is 15.2. The number of para-hydroxylation sites is 1. The van der Waals surface area contributed by atoms with Gasteiger partial charge >= 0.3 is 5.97 Å². The van der Waals surface area contributed by atoms with E-state index in [1.807, 2.05) is 6.07 Å². The highest BCUT2D eigenvalue weighted by Gasteiger charge is 2.11. The highest BCUT2D eigenvalue weighted by molar-refractivity contribution is 5.73. The summed E-state index contributed by atoms with van der Waals surface area (Å²) in [5.74, 6) is -0.178. The van der Waals surface area contributed by atoms with Crippen LogP contribution >= 0.6 is 0 Å². The van der Waals surface area contributed by atoms with E-state index >= 15 is 0 Å². The Morgan fingerprint density at radius 3 is 2.43 bits per heavy atom. The van der Waals surface area contributed by atoms with Crippen LogP contribution in [0.15, 0.2) is 48.5 Å². The fraction of sp³-hybridized carbons (Fsp3) is 0.188. The lowest BCUT2D eigenvalue weighted by atomic mass is 10.1. The van der Waals surface area contributed by atoms with Gasteiger partial charge in [-0.15, -0.1) is 0 Å². The number of ether oxygens (including phenoxy) is 1. The Hall–Kier alpha value is -2.53. The van der Waals surface area contributed by atoms with Crippen molar-refractivity contribution in [2.45, 2.75) is 19.1 Å². The number of carbonyl (C=O) groups is 1. The summed E-state index contributed by atoms with van der Waals surface area (Å²) in [5, 5.41) is 18.4. The number of benzene rings is 2. The molecule has 0 bridgehead atoms. The van der Waals surface area contributed by atoms with Crippen LogP contribution < -0.4 is 10.5 Å². The number of phenolic OH excluding ortho intramolecular Hbond substituents is 1. The largest absolute Gasteiger partial charge is 0.508 e. The number of carboxylic acid groups (broad SMARTS) is 1. The molecule has 2 aromatic carbocycles. The standard InChI is InChI=1S/C16H17NO4/c17-14(16(19)20)9-11-5-7-13(8-6-11)21-10-12-3-1-2-4-15(12)18/h1-8,14,18H,9-10,17H2,(H,19,20)/t14-/m0/s1. The first kappa shape index (κ1) is 14.9. The second kappa shape index (κ2) is 6.76. The third-order valence-electron chi connectivity index (χ3n) is 3.08. The number of hydrogen-bond acceptors (Lipinski definition) is 4. The molecule has 0 spiro atoms. The number of nitrogens with two attached hydrogens (primary N) is 1. The molecule has 2 aromatic rings. The summed E-state index contributed by atoms with van der Waals surface area (Å²) in [6.45, 7) is 0.265. The van der Waals surface area contributed by atoms with E-state index in [1.165, 1.54) is 0 Å². The molecular weight excluding hydrogens is 270 g/mol. The number of rotatable bonds is 6. The van der Waals surface area contributed by atoms with E-state index in [2.05, 4.69) is 0 Å². The molecule has 2 rings (SSSR count). The maximum absolute atomic E-state index is 10.7. The van der Waals surface area contributed by atoms with Crippen LogP contribution in [0, 0.1) is 0 Å². The molecule has 21 heavy (non-hydrogen) atoms. The summed E-state index contributed by atoms with van der Waals surface area (Å²) < 4.78 is 5.57. The topological polar surface area (TPSA) is 92.8 Å². The minimum atomic E-state index is -1.02. The van der Waals surface area contributed by atoms with Crippen molar-refractivity contribution in [3.05, 3.63) is 59.7 Å². The van der Waals surface area contributed by atoms with E-state index in [-0.39, 0.29) is 18.8 Å². The van der Waals surface area contributed by atoms with Gasteiger partial charge in [0.2, 0.25) is 0 Å². The quantitative estimate of drug-likeness (QED) is 0.755. The minimum absolute atomic E-state index is 0.196. The van der Waals surface area contributed by atoms with Crippen LogP contribution in [0.4, 0.5) is 0 Å². The molecule has 0 aromatic heterocycles. The van der Waals surface area contributed by atoms with Crippen molar-refractivity contribution in [1.82, 2.24) is 0 Å². The number of aliphatic carboxylic acids is 1. The summed E-state index contributed by atoms with van der Waals surface area (Å²) in [6.07, 6.45) is 0.273. The summed E-state index contributed by atoms with van der Waals surface area (Å²) >= 11 is 0. The molecule has 0 saturated carbocycles. The van der Waals surface area contributed by atoms with Crippen molar-refractivity contribution in [1.29, 1.82) is 0 Å². The molecule has 0 aliphatic carbocycles. The molecule has 0 saturated heterocycles. The molecule has 0 aliphatic heterocycles. The van der Waals surface area contributed by atoms with Gasteiger partial charge in [0, 0.05) is 5.56 Å². The van der Waals surface area contributed by atoms with E-state index in [9.17, 15) is 9.90 Å². The van der Waals surface area contributed by atoms with Crippen LogP contribution in [0.1, 0.15) is 11.1 Å². The molecule has 5 heteroatoms. The van der Waals surface area contributed by atoms with Crippen LogP contribution in [0.5, 0.6) is 11.5 Å². The van der Waals surface area contributed by atoms with Crippen molar-refractivity contribution in [3.8, 4) is 11.5 Å². The maximum atomic E-state index is 10.7. The predicted octanol–water partition coefficient (Wildman–Crippen LogP) is 1.93. The highest BCUT2D eigenvalue weighted by Crippen LogP contribution is 2.19. The number of hydrogen-bond donors (Lipinski definition) is 3. The second-order valence-electron chi connectivity index (χ2n) is 4.71. The Bertz CT molecular complexity index is 610. The Labute approximate surface area is 122 Å². The second-order valence-corrected chi connectivity index (χ2v) is 4.71. The Morgan fingerprint density at radius 2 is 1.81 bits per heavy atom. The van der Waals surface area contributed by atoms with Crippen molar-refractivity contribution in [3.63, 3.8) is 0 Å². The van der Waals surface area contributed by atoms with Crippen molar-refractivity contribution in [2.75, 3.05) is 0 Å². The van der Waals surface area contributed by atoms with Gasteiger partial charge in [-0.3, -0.25) is 4.79 Å². The smallest absolute Gasteiger partial charge is 0.320 e. The van der Waals surface area contributed by atoms with Gasteiger partial charge in [-0.2, -0.15) is 0 Å². The van der Waals surface area contributed by atoms with Gasteiger partial charge in [0.1, 0.15) is 24.1 Å². The van der Waals surface area contributed by atoms with Crippen LogP contribution in [-0.2, 0) is 17.8 Å². The van der Waals surface area contributed by atoms with E-state index < -0.39 is 12.0 Å². The first-order valence-corrected chi connectivity index (χ1v) is 6.53. The van der Waals surface area contributed by atoms with E-state index in [4.69, 9.17) is 15.6 Å². The Kier molecular flexibility index (Phi) is 4.79. The zero-order valence-corrected chi connectivity index (χ0v) is 11.4. The summed E-state index contributed by atoms with van der Waals surface area (Å²) in [5.41, 5.74) is 7.02. The first-order chi connectivity index (χ1) is 10.1. The van der Waals surface area contributed by atoms with Crippen molar-refractivity contribution in [2.24, 2.45) is 5.73 Å². The summed E-state index contributed by atoms with van der Waals surface area (Å²) in [6, 6.07) is 13.1. The van der Waals surface area contributed by atoms with Gasteiger partial charge in [-0.1, -0.05) is 30.3 Å². The molecule has 5 nitrogen and oxygen atoms in total. The van der Waals surface area contributed by atoms with Crippen LogP contribution in [0.25, 0.3) is 0 Å². The van der Waals surface area contributed by atoms with E-state index in [0.717, 1.165) is 5.56 Å². The van der Waals surface area contributed by atoms with Crippen LogP contribution in [0.3, 0.4) is 0 Å². The lowest BCUT2D eigenvalue weighted by Crippen LogP contribution is -2.32. The van der Waals surface area contributed by atoms with Gasteiger partial charge in [-0.25, -0.2) is 0 Å². The normalized spacial score (nSPS) is 11.9. The third kappa shape index (κ3) is 4.22. The predicted molar refractivity (Wildman–Crippen MR) is 78.2 cm³/mol. The van der Waals surface area contributed by atoms with Gasteiger partial charge < -0.3 is 20.7 Å². The van der Waals surface area contributed by atoms with E-state index in [0.29, 0.717) is 11.3 Å². The van der Waals surface area contributed by atoms with Crippen molar-refractivity contribution < 1.29 is 19.7 Å². The highest BCUT2D eigenvalue weighted by atomic mass is 16.5. The Balaban J connectivity index is 1.94. The molecule has 0 unspecified atom stereocenters. The SMILES string of the molecule is N[C@@H](Cc1ccc(OCc2ccccc2O)cc1)C(=O)O.